The zero-order valence-electron chi connectivity index (χ0n) is 24.1. The van der Waals surface area contributed by atoms with Crippen LogP contribution in [0.5, 0.6) is 17.2 Å². The number of allylic oxidation sites excluding steroid dienone is 1. The summed E-state index contributed by atoms with van der Waals surface area (Å²) >= 11 is 13.4. The van der Waals surface area contributed by atoms with E-state index >= 15 is 0 Å². The molecule has 13 heteroatoms. The van der Waals surface area contributed by atoms with Gasteiger partial charge in [0.2, 0.25) is 0 Å². The van der Waals surface area contributed by atoms with Gasteiger partial charge in [0.25, 0.3) is 5.91 Å². The molecule has 230 valence electrons. The Bertz CT molecular complexity index is 1600. The van der Waals surface area contributed by atoms with Gasteiger partial charge >= 0.3 is 5.97 Å². The number of rotatable bonds is 12. The number of hydrazone groups is 1. The molecule has 0 saturated heterocycles. The Balaban J connectivity index is 1.39. The van der Waals surface area contributed by atoms with E-state index in [0.29, 0.717) is 56.4 Å². The lowest BCUT2D eigenvalue weighted by Crippen LogP contribution is -2.45. The third-order valence-electron chi connectivity index (χ3n) is 6.30. The summed E-state index contributed by atoms with van der Waals surface area (Å²) in [6, 6.07) is 17.5. The van der Waals surface area contributed by atoms with Crippen molar-refractivity contribution >= 4 is 69.6 Å². The van der Waals surface area contributed by atoms with Gasteiger partial charge in [-0.3, -0.25) is 4.79 Å². The van der Waals surface area contributed by atoms with Crippen LogP contribution in [0.15, 0.2) is 77.0 Å². The smallest absolute Gasteiger partial charge is 0.338 e. The molecule has 0 radical (unpaired) electrons. The molecule has 44 heavy (non-hydrogen) atoms. The highest BCUT2D eigenvalue weighted by Crippen LogP contribution is 2.35. The zero-order valence-corrected chi connectivity index (χ0v) is 27.8. The monoisotopic (exact) mass is 748 g/mol. The third-order valence-corrected chi connectivity index (χ3v) is 7.58. The molecule has 3 aromatic carbocycles. The van der Waals surface area contributed by atoms with Crippen LogP contribution < -0.4 is 30.3 Å². The van der Waals surface area contributed by atoms with Gasteiger partial charge in [-0.1, -0.05) is 41.9 Å². The number of nitrogens with one attached hydrogen (secondary N) is 3. The van der Waals surface area contributed by atoms with Gasteiger partial charge < -0.3 is 29.6 Å². The number of esters is 1. The van der Waals surface area contributed by atoms with Crippen molar-refractivity contribution in [2.45, 2.75) is 26.5 Å². The van der Waals surface area contributed by atoms with Crippen molar-refractivity contribution in [2.24, 2.45) is 5.10 Å². The molecular formula is C31H30ClIN4O6S. The molecular weight excluding hydrogens is 719 g/mol. The van der Waals surface area contributed by atoms with Gasteiger partial charge in [0.15, 0.2) is 23.2 Å². The Morgan fingerprint density at radius 1 is 1.11 bits per heavy atom. The van der Waals surface area contributed by atoms with Crippen LogP contribution in [0.1, 0.15) is 36.6 Å². The highest BCUT2D eigenvalue weighted by Gasteiger charge is 2.32. The van der Waals surface area contributed by atoms with Crippen molar-refractivity contribution in [3.05, 3.63) is 97.2 Å². The van der Waals surface area contributed by atoms with Crippen molar-refractivity contribution in [2.75, 3.05) is 20.3 Å². The molecule has 1 amide bonds. The first-order valence-electron chi connectivity index (χ1n) is 13.4. The minimum absolute atomic E-state index is 0.222. The summed E-state index contributed by atoms with van der Waals surface area (Å²) in [5.74, 6) is 0.558. The zero-order chi connectivity index (χ0) is 31.6. The van der Waals surface area contributed by atoms with Gasteiger partial charge in [0, 0.05) is 16.3 Å². The lowest BCUT2D eigenvalue weighted by molar-refractivity contribution is -0.139. The summed E-state index contributed by atoms with van der Waals surface area (Å²) in [4.78, 5) is 25.4. The van der Waals surface area contributed by atoms with Crippen LogP contribution in [-0.2, 0) is 20.9 Å². The molecule has 1 aliphatic heterocycles. The fraction of sp³-hybridized carbons (Fsp3) is 0.226. The number of methoxy groups -OCH3 is 1. The highest BCUT2D eigenvalue weighted by molar-refractivity contribution is 14.1. The molecule has 3 aromatic rings. The van der Waals surface area contributed by atoms with E-state index < -0.39 is 17.9 Å². The van der Waals surface area contributed by atoms with Crippen LogP contribution >= 0.6 is 46.4 Å². The van der Waals surface area contributed by atoms with Crippen molar-refractivity contribution in [1.29, 1.82) is 0 Å². The quantitative estimate of drug-likeness (QED) is 0.0734. The summed E-state index contributed by atoms with van der Waals surface area (Å²) in [5.41, 5.74) is 5.70. The average Bonchev–Trinajstić information content (AvgIpc) is 3.00. The van der Waals surface area contributed by atoms with E-state index in [-0.39, 0.29) is 13.2 Å². The number of carbonyl (C=O) groups excluding carboxylic acids is 2. The second-order valence-corrected chi connectivity index (χ2v) is 11.4. The molecule has 0 aromatic heterocycles. The number of halogens is 2. The van der Waals surface area contributed by atoms with Gasteiger partial charge in [-0.05, 0) is 90.1 Å². The summed E-state index contributed by atoms with van der Waals surface area (Å²) in [7, 11) is 1.55. The fourth-order valence-electron chi connectivity index (χ4n) is 4.30. The van der Waals surface area contributed by atoms with E-state index in [0.717, 1.165) is 9.13 Å². The molecule has 4 rings (SSSR count). The standard InChI is InChI=1S/C31H30ClIN4O6S/c1-4-41-30(39)27-18(2)35-31(44)36-28(27)22-7-5-6-8-24(22)42-17-26(38)37-34-15-20-13-23(33)29(25(14-20)40-3)43-16-19-9-11-21(32)12-10-19/h5-15,28H,4,16-17H2,1-3H3,(H,37,38)(H2,35,36,44)/t28-/m1/s1. The van der Waals surface area contributed by atoms with Crippen LogP contribution in [-0.4, -0.2) is 43.5 Å². The molecule has 1 aliphatic rings. The van der Waals surface area contributed by atoms with Crippen LogP contribution in [0.2, 0.25) is 5.02 Å². The van der Waals surface area contributed by atoms with Crippen LogP contribution in [0.3, 0.4) is 0 Å². The van der Waals surface area contributed by atoms with E-state index in [9.17, 15) is 9.59 Å². The summed E-state index contributed by atoms with van der Waals surface area (Å²) in [6.07, 6.45) is 1.50. The predicted molar refractivity (Wildman–Crippen MR) is 180 cm³/mol. The molecule has 0 aliphatic carbocycles. The average molecular weight is 749 g/mol. The maximum absolute atomic E-state index is 12.7. The first-order chi connectivity index (χ1) is 21.2. The Labute approximate surface area is 279 Å². The second-order valence-electron chi connectivity index (χ2n) is 9.36. The number of ether oxygens (including phenoxy) is 4. The van der Waals surface area contributed by atoms with Crippen molar-refractivity contribution < 1.29 is 28.5 Å². The van der Waals surface area contributed by atoms with Crippen LogP contribution in [0.25, 0.3) is 0 Å². The first kappa shape index (κ1) is 33.0. The van der Waals surface area contributed by atoms with Gasteiger partial charge in [0.1, 0.15) is 12.4 Å². The molecule has 3 N–H and O–H groups in total. The number of para-hydroxylation sites is 1. The van der Waals surface area contributed by atoms with Gasteiger partial charge in [-0.2, -0.15) is 5.10 Å². The molecule has 1 atom stereocenters. The summed E-state index contributed by atoms with van der Waals surface area (Å²) in [6.45, 7) is 3.73. The third kappa shape index (κ3) is 8.61. The Morgan fingerprint density at radius 3 is 2.59 bits per heavy atom. The molecule has 1 heterocycles. The Hall–Kier alpha value is -3.88. The number of amides is 1. The molecule has 10 nitrogen and oxygen atoms in total. The number of benzene rings is 3. The minimum atomic E-state index is -0.629. The van der Waals surface area contributed by atoms with Gasteiger partial charge in [-0.15, -0.1) is 0 Å². The van der Waals surface area contributed by atoms with Crippen LogP contribution in [0.4, 0.5) is 0 Å². The lowest BCUT2D eigenvalue weighted by atomic mass is 9.95. The summed E-state index contributed by atoms with van der Waals surface area (Å²) in [5, 5.41) is 11.1. The highest BCUT2D eigenvalue weighted by atomic mass is 127. The fourth-order valence-corrected chi connectivity index (χ4v) is 5.48. The normalized spacial score (nSPS) is 14.5. The van der Waals surface area contributed by atoms with Gasteiger partial charge in [0.05, 0.1) is 35.1 Å². The molecule has 0 spiro atoms. The first-order valence-corrected chi connectivity index (χ1v) is 15.3. The number of hydrogen-bond donors (Lipinski definition) is 3. The number of nitrogens with zero attached hydrogens (tertiary/aromatic N) is 1. The Morgan fingerprint density at radius 2 is 1.86 bits per heavy atom. The number of hydrogen-bond acceptors (Lipinski definition) is 8. The lowest BCUT2D eigenvalue weighted by Gasteiger charge is -2.30. The van der Waals surface area contributed by atoms with Gasteiger partial charge in [-0.25, -0.2) is 10.2 Å². The van der Waals surface area contributed by atoms with E-state index in [2.05, 4.69) is 43.8 Å². The molecule has 0 fully saturated rings. The van der Waals surface area contributed by atoms with Crippen molar-refractivity contribution in [1.82, 2.24) is 16.1 Å². The maximum atomic E-state index is 12.7. The predicted octanol–water partition coefficient (Wildman–Crippen LogP) is 5.42. The van der Waals surface area contributed by atoms with E-state index in [1.165, 1.54) is 6.21 Å². The maximum Gasteiger partial charge on any atom is 0.338 e. The van der Waals surface area contributed by atoms with Crippen LogP contribution in [0, 0.1) is 3.57 Å². The number of carbonyl (C=O) groups is 2. The van der Waals surface area contributed by atoms with Crippen molar-refractivity contribution in [3.63, 3.8) is 0 Å². The SMILES string of the molecule is CCOC(=O)C1=C(C)NC(=S)N[C@@H]1c1ccccc1OCC(=O)NN=Cc1cc(I)c(OCc2ccc(Cl)cc2)c(OC)c1. The van der Waals surface area contributed by atoms with E-state index in [4.69, 9.17) is 42.8 Å². The minimum Gasteiger partial charge on any atom is -0.493 e. The van der Waals surface area contributed by atoms with E-state index in [1.54, 1.807) is 51.3 Å². The number of thiocarbonyl (C=S) groups is 1. The summed E-state index contributed by atoms with van der Waals surface area (Å²) < 4.78 is 23.4. The Kier molecular flexibility index (Phi) is 11.8. The van der Waals surface area contributed by atoms with E-state index in [1.807, 2.05) is 30.3 Å². The molecule has 0 bridgehead atoms. The molecule has 0 saturated carbocycles. The topological polar surface area (TPSA) is 120 Å². The molecule has 0 unspecified atom stereocenters. The largest absolute Gasteiger partial charge is 0.493 e. The van der Waals surface area contributed by atoms with Crippen molar-refractivity contribution in [3.8, 4) is 17.2 Å². The second kappa shape index (κ2) is 15.7.